The van der Waals surface area contributed by atoms with Crippen LogP contribution in [0.25, 0.3) is 0 Å². The maximum absolute atomic E-state index is 11.0. The summed E-state index contributed by atoms with van der Waals surface area (Å²) in [6.45, 7) is 1.61. The zero-order chi connectivity index (χ0) is 12.3. The number of hydrogen-bond donors (Lipinski definition) is 0. The quantitative estimate of drug-likeness (QED) is 0.803. The number of carbonyl (C=O) groups is 1. The SMILES string of the molecule is CC(=O)Cc1ccc(Cc2nccn2C)cc1. The molecule has 2 aromatic rings. The molecule has 17 heavy (non-hydrogen) atoms. The number of nitrogens with zero attached hydrogens (tertiary/aromatic N) is 2. The zero-order valence-corrected chi connectivity index (χ0v) is 10.2. The highest BCUT2D eigenvalue weighted by Gasteiger charge is 2.02. The molecular formula is C14H16N2O. The van der Waals surface area contributed by atoms with Crippen LogP contribution in [0.4, 0.5) is 0 Å². The third-order valence-corrected chi connectivity index (χ3v) is 2.76. The smallest absolute Gasteiger partial charge is 0.134 e. The Morgan fingerprint density at radius 3 is 2.41 bits per heavy atom. The molecule has 0 atom stereocenters. The van der Waals surface area contributed by atoms with Crippen molar-refractivity contribution in [3.63, 3.8) is 0 Å². The number of rotatable bonds is 4. The van der Waals surface area contributed by atoms with Gasteiger partial charge in [0.1, 0.15) is 11.6 Å². The Hall–Kier alpha value is -1.90. The number of aromatic nitrogens is 2. The summed E-state index contributed by atoms with van der Waals surface area (Å²) in [7, 11) is 1.99. The van der Waals surface area contributed by atoms with E-state index in [9.17, 15) is 4.79 Å². The maximum Gasteiger partial charge on any atom is 0.134 e. The van der Waals surface area contributed by atoms with Crippen LogP contribution in [0.15, 0.2) is 36.7 Å². The number of benzene rings is 1. The van der Waals surface area contributed by atoms with Gasteiger partial charge in [-0.25, -0.2) is 4.98 Å². The molecule has 0 amide bonds. The summed E-state index contributed by atoms with van der Waals surface area (Å²) in [5.74, 6) is 1.24. The Bertz CT molecular complexity index is 511. The van der Waals surface area contributed by atoms with Crippen LogP contribution in [0.2, 0.25) is 0 Å². The first-order valence-corrected chi connectivity index (χ1v) is 5.68. The highest BCUT2D eigenvalue weighted by Crippen LogP contribution is 2.09. The van der Waals surface area contributed by atoms with Crippen molar-refractivity contribution in [2.75, 3.05) is 0 Å². The fraction of sp³-hybridized carbons (Fsp3) is 0.286. The maximum atomic E-state index is 11.0. The molecule has 88 valence electrons. The topological polar surface area (TPSA) is 34.9 Å². The summed E-state index contributed by atoms with van der Waals surface area (Å²) in [4.78, 5) is 15.3. The fourth-order valence-corrected chi connectivity index (χ4v) is 1.81. The second kappa shape index (κ2) is 4.95. The van der Waals surface area contributed by atoms with Gasteiger partial charge in [0, 0.05) is 32.3 Å². The van der Waals surface area contributed by atoms with Crippen LogP contribution in [-0.4, -0.2) is 15.3 Å². The van der Waals surface area contributed by atoms with E-state index >= 15 is 0 Å². The number of aryl methyl sites for hydroxylation is 1. The summed E-state index contributed by atoms with van der Waals surface area (Å²) >= 11 is 0. The summed E-state index contributed by atoms with van der Waals surface area (Å²) < 4.78 is 2.02. The van der Waals surface area contributed by atoms with Crippen molar-refractivity contribution in [3.05, 3.63) is 53.6 Å². The van der Waals surface area contributed by atoms with Crippen LogP contribution in [0.1, 0.15) is 23.9 Å². The van der Waals surface area contributed by atoms with Gasteiger partial charge in [-0.1, -0.05) is 24.3 Å². The molecule has 3 heteroatoms. The van der Waals surface area contributed by atoms with Crippen molar-refractivity contribution >= 4 is 5.78 Å². The van der Waals surface area contributed by atoms with Crippen molar-refractivity contribution in [2.45, 2.75) is 19.8 Å². The second-order valence-electron chi connectivity index (χ2n) is 4.33. The Kier molecular flexibility index (Phi) is 3.38. The third kappa shape index (κ3) is 3.03. The average molecular weight is 228 g/mol. The minimum Gasteiger partial charge on any atom is -0.338 e. The van der Waals surface area contributed by atoms with E-state index < -0.39 is 0 Å². The van der Waals surface area contributed by atoms with Crippen molar-refractivity contribution in [1.29, 1.82) is 0 Å². The minimum absolute atomic E-state index is 0.196. The summed E-state index contributed by atoms with van der Waals surface area (Å²) in [6.07, 6.45) is 5.09. The van der Waals surface area contributed by atoms with E-state index in [1.165, 1.54) is 5.56 Å². The van der Waals surface area contributed by atoms with Gasteiger partial charge in [0.05, 0.1) is 0 Å². The van der Waals surface area contributed by atoms with Crippen LogP contribution in [0.3, 0.4) is 0 Å². The number of imidazole rings is 1. The van der Waals surface area contributed by atoms with Gasteiger partial charge < -0.3 is 4.57 Å². The molecule has 0 aliphatic carbocycles. The fourth-order valence-electron chi connectivity index (χ4n) is 1.81. The van der Waals surface area contributed by atoms with Crippen molar-refractivity contribution in [1.82, 2.24) is 9.55 Å². The molecule has 3 nitrogen and oxygen atoms in total. The Balaban J connectivity index is 2.08. The second-order valence-corrected chi connectivity index (χ2v) is 4.33. The standard InChI is InChI=1S/C14H16N2O/c1-11(17)9-12-3-5-13(6-4-12)10-14-15-7-8-16(14)2/h3-8H,9-10H2,1-2H3. The third-order valence-electron chi connectivity index (χ3n) is 2.76. The lowest BCUT2D eigenvalue weighted by Crippen LogP contribution is -1.99. The van der Waals surface area contributed by atoms with Gasteiger partial charge >= 0.3 is 0 Å². The molecule has 2 rings (SSSR count). The molecule has 0 aliphatic rings. The first kappa shape index (κ1) is 11.6. The molecule has 0 aliphatic heterocycles. The highest BCUT2D eigenvalue weighted by molar-refractivity contribution is 5.78. The molecule has 0 N–H and O–H groups in total. The van der Waals surface area contributed by atoms with Gasteiger partial charge in [0.25, 0.3) is 0 Å². The summed E-state index contributed by atoms with van der Waals surface area (Å²) in [6, 6.07) is 8.15. The van der Waals surface area contributed by atoms with E-state index in [0.29, 0.717) is 6.42 Å². The Labute approximate surface area is 101 Å². The molecule has 1 aromatic heterocycles. The predicted molar refractivity (Wildman–Crippen MR) is 66.8 cm³/mol. The number of ketones is 1. The molecule has 0 radical (unpaired) electrons. The molecule has 0 fully saturated rings. The van der Waals surface area contributed by atoms with Gasteiger partial charge in [-0.2, -0.15) is 0 Å². The minimum atomic E-state index is 0.196. The zero-order valence-electron chi connectivity index (χ0n) is 10.2. The average Bonchev–Trinajstić information content (AvgIpc) is 2.67. The monoisotopic (exact) mass is 228 g/mol. The van der Waals surface area contributed by atoms with E-state index in [1.807, 2.05) is 29.9 Å². The lowest BCUT2D eigenvalue weighted by atomic mass is 10.1. The van der Waals surface area contributed by atoms with E-state index in [1.54, 1.807) is 13.1 Å². The van der Waals surface area contributed by atoms with E-state index in [2.05, 4.69) is 17.1 Å². The summed E-state index contributed by atoms with van der Waals surface area (Å²) in [5.41, 5.74) is 2.28. The predicted octanol–water partition coefficient (Wildman–Crippen LogP) is 2.14. The first-order chi connectivity index (χ1) is 8.15. The van der Waals surface area contributed by atoms with Crippen LogP contribution in [0.5, 0.6) is 0 Å². The molecule has 1 heterocycles. The van der Waals surface area contributed by atoms with Crippen LogP contribution >= 0.6 is 0 Å². The van der Waals surface area contributed by atoms with Crippen molar-refractivity contribution < 1.29 is 4.79 Å². The number of Topliss-reactive ketones (excluding diaryl/α,β-unsaturated/α-hetero) is 1. The van der Waals surface area contributed by atoms with Gasteiger partial charge in [-0.3, -0.25) is 4.79 Å². The first-order valence-electron chi connectivity index (χ1n) is 5.68. The lowest BCUT2D eigenvalue weighted by Gasteiger charge is -2.03. The van der Waals surface area contributed by atoms with Crippen molar-refractivity contribution in [2.24, 2.45) is 7.05 Å². The van der Waals surface area contributed by atoms with Gasteiger partial charge in [-0.15, -0.1) is 0 Å². The molecule has 0 saturated heterocycles. The number of hydrogen-bond acceptors (Lipinski definition) is 2. The molecule has 0 saturated carbocycles. The van der Waals surface area contributed by atoms with Crippen LogP contribution in [-0.2, 0) is 24.7 Å². The normalized spacial score (nSPS) is 10.5. The molecule has 0 spiro atoms. The lowest BCUT2D eigenvalue weighted by molar-refractivity contribution is -0.116. The molecule has 0 bridgehead atoms. The Morgan fingerprint density at radius 2 is 1.88 bits per heavy atom. The molecular weight excluding hydrogens is 212 g/mol. The highest BCUT2D eigenvalue weighted by atomic mass is 16.1. The van der Waals surface area contributed by atoms with Crippen LogP contribution in [0, 0.1) is 0 Å². The van der Waals surface area contributed by atoms with E-state index in [4.69, 9.17) is 0 Å². The van der Waals surface area contributed by atoms with Crippen LogP contribution < -0.4 is 0 Å². The van der Waals surface area contributed by atoms with Gasteiger partial charge in [0.15, 0.2) is 0 Å². The molecule has 0 unspecified atom stereocenters. The largest absolute Gasteiger partial charge is 0.338 e. The van der Waals surface area contributed by atoms with Crippen molar-refractivity contribution in [3.8, 4) is 0 Å². The summed E-state index contributed by atoms with van der Waals surface area (Å²) in [5, 5.41) is 0. The Morgan fingerprint density at radius 1 is 1.24 bits per heavy atom. The number of carbonyl (C=O) groups excluding carboxylic acids is 1. The van der Waals surface area contributed by atoms with Gasteiger partial charge in [-0.05, 0) is 18.1 Å². The molecule has 1 aromatic carbocycles. The van der Waals surface area contributed by atoms with E-state index in [-0.39, 0.29) is 5.78 Å². The van der Waals surface area contributed by atoms with E-state index in [0.717, 1.165) is 17.8 Å². The van der Waals surface area contributed by atoms with Gasteiger partial charge in [0.2, 0.25) is 0 Å².